The van der Waals surface area contributed by atoms with Crippen molar-refractivity contribution >= 4 is 5.97 Å². The largest absolute Gasteiger partial charge is 0.462 e. The molecule has 0 aromatic heterocycles. The summed E-state index contributed by atoms with van der Waals surface area (Å²) >= 11 is 0. The van der Waals surface area contributed by atoms with Crippen LogP contribution in [0.1, 0.15) is 13.3 Å². The van der Waals surface area contributed by atoms with E-state index < -0.39 is 5.97 Å². The fraction of sp³-hybridized carbons (Fsp3) is 0.500. The molecule has 0 fully saturated rings. The van der Waals surface area contributed by atoms with E-state index in [-0.39, 0.29) is 19.1 Å². The Balaban J connectivity index is 3.77. The van der Waals surface area contributed by atoms with Gasteiger partial charge in [0.1, 0.15) is 0 Å². The van der Waals surface area contributed by atoms with Crippen LogP contribution in [0.5, 0.6) is 0 Å². The Morgan fingerprint density at radius 2 is 2.31 bits per heavy atom. The fourth-order valence-corrected chi connectivity index (χ4v) is 0.748. The van der Waals surface area contributed by atoms with Crippen molar-refractivity contribution in [3.63, 3.8) is 0 Å². The van der Waals surface area contributed by atoms with Gasteiger partial charge in [-0.1, -0.05) is 12.7 Å². The molecule has 13 heavy (non-hydrogen) atoms. The third kappa shape index (κ3) is 5.20. The fourth-order valence-electron chi connectivity index (χ4n) is 0.748. The van der Waals surface area contributed by atoms with E-state index in [9.17, 15) is 4.79 Å². The van der Waals surface area contributed by atoms with Crippen LogP contribution in [0.15, 0.2) is 24.8 Å². The molecule has 1 unspecified atom stereocenters. The Labute approximate surface area is 78.7 Å². The Kier molecular flexibility index (Phi) is 5.89. The zero-order valence-electron chi connectivity index (χ0n) is 7.95. The minimum absolute atomic E-state index is 0.00447. The molecule has 0 saturated carbocycles. The van der Waals surface area contributed by atoms with Crippen LogP contribution in [0.25, 0.3) is 0 Å². The number of allylic oxidation sites excluding steroid dienone is 1. The first-order chi connectivity index (χ1) is 6.11. The van der Waals surface area contributed by atoms with Crippen molar-refractivity contribution in [3.05, 3.63) is 24.8 Å². The highest BCUT2D eigenvalue weighted by Gasteiger charge is 2.09. The molecule has 0 heterocycles. The molecule has 74 valence electrons. The van der Waals surface area contributed by atoms with E-state index in [0.29, 0.717) is 12.0 Å². The van der Waals surface area contributed by atoms with Gasteiger partial charge in [-0.15, -0.1) is 6.58 Å². The molecule has 3 heteroatoms. The van der Waals surface area contributed by atoms with E-state index in [1.165, 1.54) is 0 Å². The van der Waals surface area contributed by atoms with Crippen molar-refractivity contribution in [1.82, 2.24) is 0 Å². The van der Waals surface area contributed by atoms with Crippen molar-refractivity contribution in [1.29, 1.82) is 0 Å². The predicted octanol–water partition coefficient (Wildman–Crippen LogP) is 1.29. The average Bonchev–Trinajstić information content (AvgIpc) is 2.11. The van der Waals surface area contributed by atoms with Gasteiger partial charge in [0.25, 0.3) is 0 Å². The molecule has 0 aliphatic carbocycles. The van der Waals surface area contributed by atoms with Gasteiger partial charge in [-0.3, -0.25) is 0 Å². The summed E-state index contributed by atoms with van der Waals surface area (Å²) in [5, 5.41) is 8.85. The summed E-state index contributed by atoms with van der Waals surface area (Å²) in [6.45, 7) is 8.79. The molecule has 0 radical (unpaired) electrons. The standard InChI is InChI=1S/C10H16O3/c1-4-5-9(6-11)7-13-10(12)8(2)3/h4,9,11H,1-2,5-7H2,3H3. The van der Waals surface area contributed by atoms with E-state index >= 15 is 0 Å². The minimum Gasteiger partial charge on any atom is -0.462 e. The molecule has 0 aliphatic rings. The lowest BCUT2D eigenvalue weighted by Gasteiger charge is -2.11. The number of hydrogen-bond donors (Lipinski definition) is 1. The lowest BCUT2D eigenvalue weighted by molar-refractivity contribution is -0.140. The predicted molar refractivity (Wildman–Crippen MR) is 51.2 cm³/mol. The summed E-state index contributed by atoms with van der Waals surface area (Å²) in [4.78, 5) is 10.9. The highest BCUT2D eigenvalue weighted by atomic mass is 16.5. The Hall–Kier alpha value is -1.09. The molecule has 1 atom stereocenters. The van der Waals surface area contributed by atoms with E-state index in [1.54, 1.807) is 13.0 Å². The molecule has 0 aromatic carbocycles. The van der Waals surface area contributed by atoms with Crippen molar-refractivity contribution in [2.24, 2.45) is 5.92 Å². The number of carbonyl (C=O) groups excluding carboxylic acids is 1. The van der Waals surface area contributed by atoms with Gasteiger partial charge in [-0.2, -0.15) is 0 Å². The monoisotopic (exact) mass is 184 g/mol. The Bertz CT molecular complexity index is 196. The summed E-state index contributed by atoms with van der Waals surface area (Å²) < 4.78 is 4.86. The Morgan fingerprint density at radius 3 is 2.69 bits per heavy atom. The highest BCUT2D eigenvalue weighted by molar-refractivity contribution is 5.86. The maximum absolute atomic E-state index is 10.9. The number of ether oxygens (including phenoxy) is 1. The molecular weight excluding hydrogens is 168 g/mol. The van der Waals surface area contributed by atoms with Crippen LogP contribution in [-0.2, 0) is 9.53 Å². The summed E-state index contributed by atoms with van der Waals surface area (Å²) in [5.74, 6) is -0.469. The molecule has 0 rings (SSSR count). The summed E-state index contributed by atoms with van der Waals surface area (Å²) in [7, 11) is 0. The highest BCUT2D eigenvalue weighted by Crippen LogP contribution is 2.04. The van der Waals surface area contributed by atoms with Crippen LogP contribution in [0, 0.1) is 5.92 Å². The van der Waals surface area contributed by atoms with Gasteiger partial charge in [0, 0.05) is 18.1 Å². The quantitative estimate of drug-likeness (QED) is 0.384. The van der Waals surface area contributed by atoms with Crippen molar-refractivity contribution in [2.45, 2.75) is 13.3 Å². The summed E-state index contributed by atoms with van der Waals surface area (Å²) in [6.07, 6.45) is 2.33. The van der Waals surface area contributed by atoms with Crippen molar-refractivity contribution in [2.75, 3.05) is 13.2 Å². The number of hydrogen-bond acceptors (Lipinski definition) is 3. The third-order valence-electron chi connectivity index (χ3n) is 1.56. The second-order valence-electron chi connectivity index (χ2n) is 2.95. The summed E-state index contributed by atoms with van der Waals surface area (Å²) in [5.41, 5.74) is 0.371. The number of carbonyl (C=O) groups is 1. The van der Waals surface area contributed by atoms with Crippen molar-refractivity contribution < 1.29 is 14.6 Å². The molecule has 3 nitrogen and oxygen atoms in total. The zero-order valence-corrected chi connectivity index (χ0v) is 7.95. The smallest absolute Gasteiger partial charge is 0.333 e. The molecule has 1 N–H and O–H groups in total. The molecular formula is C10H16O3. The van der Waals surface area contributed by atoms with E-state index in [1.807, 2.05) is 0 Å². The summed E-state index contributed by atoms with van der Waals surface area (Å²) in [6, 6.07) is 0. The molecule has 0 aromatic rings. The molecule has 0 spiro atoms. The normalized spacial score (nSPS) is 11.8. The van der Waals surface area contributed by atoms with Crippen molar-refractivity contribution in [3.8, 4) is 0 Å². The topological polar surface area (TPSA) is 46.5 Å². The first-order valence-electron chi connectivity index (χ1n) is 4.16. The molecule has 0 bridgehead atoms. The maximum Gasteiger partial charge on any atom is 0.333 e. The van der Waals surface area contributed by atoms with Gasteiger partial charge in [0.15, 0.2) is 0 Å². The van der Waals surface area contributed by atoms with Gasteiger partial charge < -0.3 is 9.84 Å². The molecule has 0 aliphatic heterocycles. The third-order valence-corrected chi connectivity index (χ3v) is 1.56. The van der Waals surface area contributed by atoms with Crippen LogP contribution in [0.4, 0.5) is 0 Å². The lowest BCUT2D eigenvalue weighted by atomic mass is 10.1. The minimum atomic E-state index is -0.414. The van der Waals surface area contributed by atoms with E-state index in [2.05, 4.69) is 13.2 Å². The second-order valence-corrected chi connectivity index (χ2v) is 2.95. The van der Waals surface area contributed by atoms with Gasteiger partial charge in [0.2, 0.25) is 0 Å². The van der Waals surface area contributed by atoms with E-state index in [4.69, 9.17) is 9.84 Å². The maximum atomic E-state index is 10.9. The van der Waals surface area contributed by atoms with Gasteiger partial charge >= 0.3 is 5.97 Å². The lowest BCUT2D eigenvalue weighted by Crippen LogP contribution is -2.17. The van der Waals surface area contributed by atoms with Crippen LogP contribution in [0.2, 0.25) is 0 Å². The first kappa shape index (κ1) is 11.9. The molecule has 0 saturated heterocycles. The van der Waals surface area contributed by atoms with Crippen LogP contribution in [0.3, 0.4) is 0 Å². The Morgan fingerprint density at radius 1 is 1.69 bits per heavy atom. The molecule has 0 amide bonds. The number of esters is 1. The van der Waals surface area contributed by atoms with E-state index in [0.717, 1.165) is 0 Å². The van der Waals surface area contributed by atoms with Crippen LogP contribution in [-0.4, -0.2) is 24.3 Å². The average molecular weight is 184 g/mol. The zero-order chi connectivity index (χ0) is 10.3. The number of rotatable bonds is 6. The number of aliphatic hydroxyl groups excluding tert-OH is 1. The van der Waals surface area contributed by atoms with Crippen LogP contribution < -0.4 is 0 Å². The second kappa shape index (κ2) is 6.43. The number of aliphatic hydroxyl groups is 1. The first-order valence-corrected chi connectivity index (χ1v) is 4.16. The van der Waals surface area contributed by atoms with Gasteiger partial charge in [-0.25, -0.2) is 4.79 Å². The van der Waals surface area contributed by atoms with Gasteiger partial charge in [-0.05, 0) is 13.3 Å². The SMILES string of the molecule is C=CCC(CO)COC(=O)C(=C)C. The van der Waals surface area contributed by atoms with Gasteiger partial charge in [0.05, 0.1) is 6.61 Å². The van der Waals surface area contributed by atoms with Crippen LogP contribution >= 0.6 is 0 Å².